The van der Waals surface area contributed by atoms with Gasteiger partial charge in [0.25, 0.3) is 0 Å². The smallest absolute Gasteiger partial charge is 0.210 e. The fourth-order valence-corrected chi connectivity index (χ4v) is 3.14. The van der Waals surface area contributed by atoms with Crippen molar-refractivity contribution in [3.05, 3.63) is 28.0 Å². The van der Waals surface area contributed by atoms with Gasteiger partial charge < -0.3 is 15.3 Å². The number of hydrogen-bond acceptors (Lipinski definition) is 6. The zero-order chi connectivity index (χ0) is 14.7. The molecular formula is C12H15BrN4O2S. The molecule has 1 heterocycles. The number of ether oxygens (including phenoxy) is 2. The Morgan fingerprint density at radius 3 is 2.45 bits per heavy atom. The molecule has 0 atom stereocenters. The highest BCUT2D eigenvalue weighted by molar-refractivity contribution is 9.10. The van der Waals surface area contributed by atoms with Crippen molar-refractivity contribution >= 4 is 27.7 Å². The second-order valence-electron chi connectivity index (χ2n) is 3.99. The van der Waals surface area contributed by atoms with Crippen molar-refractivity contribution in [3.8, 4) is 11.5 Å². The molecule has 1 aromatic heterocycles. The van der Waals surface area contributed by atoms with Gasteiger partial charge in [0.2, 0.25) is 5.16 Å². The van der Waals surface area contributed by atoms with Crippen molar-refractivity contribution < 1.29 is 9.47 Å². The minimum Gasteiger partial charge on any atom is -0.493 e. The van der Waals surface area contributed by atoms with Crippen LogP contribution >= 0.6 is 27.7 Å². The molecule has 0 spiro atoms. The lowest BCUT2D eigenvalue weighted by Gasteiger charge is -2.11. The lowest BCUT2D eigenvalue weighted by molar-refractivity contribution is 0.354. The number of nitrogen functional groups attached to an aromatic ring is 1. The molecule has 0 saturated heterocycles. The molecule has 0 fully saturated rings. The number of thioether (sulfide) groups is 1. The average Bonchev–Trinajstić information content (AvgIpc) is 2.77. The average molecular weight is 359 g/mol. The lowest BCUT2D eigenvalue weighted by atomic mass is 10.2. The van der Waals surface area contributed by atoms with Crippen LogP contribution in [0.4, 0.5) is 0 Å². The molecule has 0 aliphatic carbocycles. The van der Waals surface area contributed by atoms with Crippen molar-refractivity contribution in [2.45, 2.75) is 17.8 Å². The van der Waals surface area contributed by atoms with Gasteiger partial charge in [0.05, 0.1) is 14.2 Å². The summed E-state index contributed by atoms with van der Waals surface area (Å²) in [5.41, 5.74) is 1.06. The molecule has 108 valence electrons. The van der Waals surface area contributed by atoms with E-state index in [1.807, 2.05) is 19.1 Å². The van der Waals surface area contributed by atoms with E-state index in [0.717, 1.165) is 10.0 Å². The number of halogens is 1. The van der Waals surface area contributed by atoms with Gasteiger partial charge in [-0.1, -0.05) is 27.7 Å². The summed E-state index contributed by atoms with van der Waals surface area (Å²) in [6.07, 6.45) is 0. The predicted molar refractivity (Wildman–Crippen MR) is 81.7 cm³/mol. The lowest BCUT2D eigenvalue weighted by Crippen LogP contribution is -2.11. The Labute approximate surface area is 129 Å². The van der Waals surface area contributed by atoms with Crippen LogP contribution in [0.2, 0.25) is 0 Å². The van der Waals surface area contributed by atoms with Crippen LogP contribution in [0, 0.1) is 6.92 Å². The zero-order valence-electron chi connectivity index (χ0n) is 11.4. The fraction of sp³-hybridized carbons (Fsp3) is 0.333. The van der Waals surface area contributed by atoms with Crippen molar-refractivity contribution in [2.75, 3.05) is 20.1 Å². The molecule has 2 N–H and O–H groups in total. The highest BCUT2D eigenvalue weighted by Gasteiger charge is 2.12. The summed E-state index contributed by atoms with van der Waals surface area (Å²) >= 11 is 5.03. The summed E-state index contributed by atoms with van der Waals surface area (Å²) in [5.74, 6) is 8.57. The largest absolute Gasteiger partial charge is 0.493 e. The summed E-state index contributed by atoms with van der Waals surface area (Å²) in [6.45, 7) is 1.81. The second-order valence-corrected chi connectivity index (χ2v) is 5.78. The van der Waals surface area contributed by atoms with Crippen molar-refractivity contribution in [2.24, 2.45) is 0 Å². The van der Waals surface area contributed by atoms with Gasteiger partial charge in [-0.2, -0.15) is 0 Å². The van der Waals surface area contributed by atoms with Gasteiger partial charge in [0.1, 0.15) is 5.82 Å². The van der Waals surface area contributed by atoms with Crippen LogP contribution in [-0.4, -0.2) is 29.1 Å². The van der Waals surface area contributed by atoms with E-state index in [9.17, 15) is 0 Å². The molecule has 0 saturated carbocycles. The Balaban J connectivity index is 2.19. The summed E-state index contributed by atoms with van der Waals surface area (Å²) in [7, 11) is 3.22. The van der Waals surface area contributed by atoms with Gasteiger partial charge in [-0.25, -0.2) is 4.68 Å². The van der Waals surface area contributed by atoms with E-state index in [1.54, 1.807) is 14.2 Å². The van der Waals surface area contributed by atoms with Crippen LogP contribution in [0.5, 0.6) is 11.5 Å². The minimum absolute atomic E-state index is 0.671. The molecule has 8 heteroatoms. The van der Waals surface area contributed by atoms with Crippen molar-refractivity contribution in [1.82, 2.24) is 14.9 Å². The summed E-state index contributed by atoms with van der Waals surface area (Å²) in [6, 6.07) is 3.81. The molecule has 2 rings (SSSR count). The monoisotopic (exact) mass is 358 g/mol. The van der Waals surface area contributed by atoms with E-state index in [2.05, 4.69) is 26.1 Å². The van der Waals surface area contributed by atoms with Gasteiger partial charge in [-0.3, -0.25) is 0 Å². The van der Waals surface area contributed by atoms with Gasteiger partial charge in [-0.15, -0.1) is 10.2 Å². The van der Waals surface area contributed by atoms with E-state index in [0.29, 0.717) is 28.2 Å². The number of aromatic nitrogens is 3. The maximum absolute atomic E-state index is 5.82. The Bertz CT molecular complexity index is 618. The molecule has 6 nitrogen and oxygen atoms in total. The van der Waals surface area contributed by atoms with Crippen molar-refractivity contribution in [1.29, 1.82) is 0 Å². The number of aryl methyl sites for hydroxylation is 1. The van der Waals surface area contributed by atoms with Gasteiger partial charge in [0, 0.05) is 10.2 Å². The number of nitrogens with zero attached hydrogens (tertiary/aromatic N) is 3. The topological polar surface area (TPSA) is 75.2 Å². The van der Waals surface area contributed by atoms with Gasteiger partial charge >= 0.3 is 0 Å². The summed E-state index contributed by atoms with van der Waals surface area (Å²) in [5, 5.41) is 8.61. The second kappa shape index (κ2) is 6.36. The van der Waals surface area contributed by atoms with E-state index >= 15 is 0 Å². The first-order valence-corrected chi connectivity index (χ1v) is 7.55. The number of methoxy groups -OCH3 is 2. The number of hydrogen-bond donors (Lipinski definition) is 1. The molecule has 1 aromatic carbocycles. The first kappa shape index (κ1) is 15.0. The Hall–Kier alpha value is -1.41. The normalized spacial score (nSPS) is 10.6. The number of nitrogens with two attached hydrogens (primary N) is 1. The molecule has 0 bridgehead atoms. The van der Waals surface area contributed by atoms with E-state index in [1.165, 1.54) is 16.4 Å². The predicted octanol–water partition coefficient (Wildman–Crippen LogP) is 2.37. The van der Waals surface area contributed by atoms with Gasteiger partial charge in [0.15, 0.2) is 11.5 Å². The van der Waals surface area contributed by atoms with Crippen LogP contribution < -0.4 is 15.3 Å². The first-order valence-electron chi connectivity index (χ1n) is 5.77. The fourth-order valence-electron chi connectivity index (χ4n) is 1.60. The van der Waals surface area contributed by atoms with Gasteiger partial charge in [-0.05, 0) is 24.6 Å². The first-order chi connectivity index (χ1) is 9.56. The third-order valence-corrected chi connectivity index (χ3v) is 4.47. The SMILES string of the molecule is COc1cc(Br)c(CSc2nnc(C)n2N)cc1OC. The van der Waals surface area contributed by atoms with E-state index in [4.69, 9.17) is 15.3 Å². The maximum atomic E-state index is 5.82. The Kier molecular flexibility index (Phi) is 4.77. The molecule has 0 radical (unpaired) electrons. The van der Waals surface area contributed by atoms with Crippen LogP contribution in [-0.2, 0) is 5.75 Å². The van der Waals surface area contributed by atoms with Crippen molar-refractivity contribution in [3.63, 3.8) is 0 Å². The van der Waals surface area contributed by atoms with E-state index < -0.39 is 0 Å². The molecule has 20 heavy (non-hydrogen) atoms. The van der Waals surface area contributed by atoms with Crippen LogP contribution in [0.1, 0.15) is 11.4 Å². The highest BCUT2D eigenvalue weighted by Crippen LogP contribution is 2.35. The summed E-state index contributed by atoms with van der Waals surface area (Å²) < 4.78 is 13.0. The van der Waals surface area contributed by atoms with E-state index in [-0.39, 0.29) is 0 Å². The molecule has 0 unspecified atom stereocenters. The molecular weight excluding hydrogens is 344 g/mol. The molecule has 0 aliphatic rings. The number of rotatable bonds is 5. The maximum Gasteiger partial charge on any atom is 0.210 e. The Morgan fingerprint density at radius 1 is 1.25 bits per heavy atom. The quantitative estimate of drug-likeness (QED) is 0.653. The highest BCUT2D eigenvalue weighted by atomic mass is 79.9. The standard InChI is InChI=1S/C12H15BrN4O2S/c1-7-15-16-12(17(7)14)20-6-8-4-10(18-2)11(19-3)5-9(8)13/h4-5H,6,14H2,1-3H3. The Morgan fingerprint density at radius 2 is 1.90 bits per heavy atom. The molecule has 0 aliphatic heterocycles. The third kappa shape index (κ3) is 3.01. The summed E-state index contributed by atoms with van der Waals surface area (Å²) in [4.78, 5) is 0. The molecule has 0 amide bonds. The van der Waals surface area contributed by atoms with Crippen LogP contribution in [0.3, 0.4) is 0 Å². The molecule has 2 aromatic rings. The van der Waals surface area contributed by atoms with Crippen LogP contribution in [0.15, 0.2) is 21.8 Å². The third-order valence-electron chi connectivity index (χ3n) is 2.74. The van der Waals surface area contributed by atoms with Crippen LogP contribution in [0.25, 0.3) is 0 Å². The zero-order valence-corrected chi connectivity index (χ0v) is 13.8. The minimum atomic E-state index is 0.671. The number of benzene rings is 1.